The van der Waals surface area contributed by atoms with E-state index in [-0.39, 0.29) is 6.04 Å². The number of imidazole rings is 1. The van der Waals surface area contributed by atoms with Crippen molar-refractivity contribution in [1.29, 1.82) is 0 Å². The average Bonchev–Trinajstić information content (AvgIpc) is 3.37. The summed E-state index contributed by atoms with van der Waals surface area (Å²) in [5.74, 6) is 0. The number of nitrogens with one attached hydrogen (secondary N) is 1. The highest BCUT2D eigenvalue weighted by atomic mass is 15.3. The number of pyridine rings is 1. The topological polar surface area (TPSA) is 47.1 Å². The lowest BCUT2D eigenvalue weighted by Crippen LogP contribution is -2.08. The molecule has 4 aromatic rings. The lowest BCUT2D eigenvalue weighted by Gasteiger charge is -2.13. The zero-order valence-electron chi connectivity index (χ0n) is 15.7. The van der Waals surface area contributed by atoms with E-state index in [0.717, 1.165) is 41.3 Å². The molecule has 0 spiro atoms. The normalized spacial score (nSPS) is 14.4. The Morgan fingerprint density at radius 1 is 1.15 bits per heavy atom. The molecule has 5 rings (SSSR count). The van der Waals surface area contributed by atoms with Crippen molar-refractivity contribution < 1.29 is 0 Å². The van der Waals surface area contributed by atoms with Crippen LogP contribution in [0.5, 0.6) is 0 Å². The summed E-state index contributed by atoms with van der Waals surface area (Å²) in [7, 11) is 0. The molecular weight excluding hydrogens is 334 g/mol. The Bertz CT molecular complexity index is 1080. The van der Waals surface area contributed by atoms with Gasteiger partial charge in [0.15, 0.2) is 0 Å². The van der Waals surface area contributed by atoms with Gasteiger partial charge >= 0.3 is 0 Å². The number of anilines is 1. The SMILES string of the molecule is Cc1cccn2cc(-c3ccc(NC(C)c4cc5n(n4)CCC5)cc3)nc12. The van der Waals surface area contributed by atoms with Crippen molar-refractivity contribution in [2.24, 2.45) is 0 Å². The molecule has 3 aromatic heterocycles. The van der Waals surface area contributed by atoms with Gasteiger partial charge in [-0.2, -0.15) is 5.10 Å². The van der Waals surface area contributed by atoms with Crippen LogP contribution in [0.4, 0.5) is 5.69 Å². The lowest BCUT2D eigenvalue weighted by molar-refractivity contribution is 0.634. The van der Waals surface area contributed by atoms with Crippen LogP contribution in [0.1, 0.15) is 36.3 Å². The van der Waals surface area contributed by atoms with Gasteiger partial charge in [0.25, 0.3) is 0 Å². The van der Waals surface area contributed by atoms with Crippen molar-refractivity contribution in [2.75, 3.05) is 5.32 Å². The van der Waals surface area contributed by atoms with Gasteiger partial charge in [-0.1, -0.05) is 18.2 Å². The molecule has 1 aliphatic heterocycles. The standard InChI is InChI=1S/C22H23N5/c1-15-5-3-11-26-14-21(24-22(15)26)17-7-9-18(10-8-17)23-16(2)20-13-19-6-4-12-27(19)25-20/h3,5,7-11,13-14,16,23H,4,6,12H2,1-2H3. The van der Waals surface area contributed by atoms with Crippen LogP contribution in [-0.4, -0.2) is 19.2 Å². The van der Waals surface area contributed by atoms with Gasteiger partial charge < -0.3 is 9.72 Å². The molecule has 0 fully saturated rings. The minimum Gasteiger partial charge on any atom is -0.377 e. The van der Waals surface area contributed by atoms with Gasteiger partial charge in [-0.05, 0) is 56.5 Å². The predicted molar refractivity (Wildman–Crippen MR) is 108 cm³/mol. The van der Waals surface area contributed by atoms with Crippen LogP contribution in [-0.2, 0) is 13.0 Å². The molecule has 0 radical (unpaired) electrons. The van der Waals surface area contributed by atoms with E-state index in [0.29, 0.717) is 0 Å². The molecule has 0 saturated carbocycles. The van der Waals surface area contributed by atoms with E-state index in [2.05, 4.69) is 70.8 Å². The summed E-state index contributed by atoms with van der Waals surface area (Å²) in [6.45, 7) is 5.30. The number of hydrogen-bond donors (Lipinski definition) is 1. The lowest BCUT2D eigenvalue weighted by atomic mass is 10.1. The molecule has 4 heterocycles. The largest absolute Gasteiger partial charge is 0.377 e. The Balaban J connectivity index is 1.35. The minimum atomic E-state index is 0.187. The first-order chi connectivity index (χ1) is 13.2. The molecule has 1 aliphatic rings. The third kappa shape index (κ3) is 2.89. The fourth-order valence-electron chi connectivity index (χ4n) is 3.85. The molecule has 0 aliphatic carbocycles. The second-order valence-corrected chi connectivity index (χ2v) is 7.38. The Morgan fingerprint density at radius 3 is 2.78 bits per heavy atom. The number of rotatable bonds is 4. The van der Waals surface area contributed by atoms with Gasteiger partial charge in [0.1, 0.15) is 5.65 Å². The molecule has 27 heavy (non-hydrogen) atoms. The molecule has 1 unspecified atom stereocenters. The van der Waals surface area contributed by atoms with E-state index in [9.17, 15) is 0 Å². The third-order valence-corrected chi connectivity index (χ3v) is 5.37. The van der Waals surface area contributed by atoms with Crippen LogP contribution in [0.3, 0.4) is 0 Å². The first-order valence-electron chi connectivity index (χ1n) is 9.55. The molecule has 0 amide bonds. The zero-order valence-corrected chi connectivity index (χ0v) is 15.7. The van der Waals surface area contributed by atoms with Crippen LogP contribution < -0.4 is 5.32 Å². The van der Waals surface area contributed by atoms with Crippen LogP contribution in [0.15, 0.2) is 54.9 Å². The van der Waals surface area contributed by atoms with E-state index in [1.54, 1.807) is 0 Å². The van der Waals surface area contributed by atoms with Crippen LogP contribution >= 0.6 is 0 Å². The zero-order chi connectivity index (χ0) is 18.4. The number of fused-ring (bicyclic) bond motifs is 2. The van der Waals surface area contributed by atoms with Gasteiger partial charge in [0, 0.05) is 35.9 Å². The van der Waals surface area contributed by atoms with Crippen molar-refractivity contribution >= 4 is 11.3 Å². The van der Waals surface area contributed by atoms with E-state index in [1.165, 1.54) is 17.7 Å². The van der Waals surface area contributed by atoms with Crippen molar-refractivity contribution in [2.45, 2.75) is 39.3 Å². The second kappa shape index (κ2) is 6.27. The van der Waals surface area contributed by atoms with Gasteiger partial charge in [-0.3, -0.25) is 4.68 Å². The van der Waals surface area contributed by atoms with Crippen molar-refractivity contribution in [3.8, 4) is 11.3 Å². The molecular formula is C22H23N5. The summed E-state index contributed by atoms with van der Waals surface area (Å²) in [5, 5.41) is 8.29. The molecule has 5 heteroatoms. The molecule has 0 bridgehead atoms. The highest BCUT2D eigenvalue weighted by Crippen LogP contribution is 2.25. The van der Waals surface area contributed by atoms with E-state index >= 15 is 0 Å². The summed E-state index contributed by atoms with van der Waals surface area (Å²) in [6.07, 6.45) is 6.49. The van der Waals surface area contributed by atoms with Crippen molar-refractivity contribution in [1.82, 2.24) is 19.2 Å². The van der Waals surface area contributed by atoms with E-state index in [1.807, 2.05) is 12.3 Å². The predicted octanol–water partition coefficient (Wildman–Crippen LogP) is 4.63. The highest BCUT2D eigenvalue weighted by Gasteiger charge is 2.17. The first kappa shape index (κ1) is 16.1. The third-order valence-electron chi connectivity index (χ3n) is 5.37. The van der Waals surface area contributed by atoms with Crippen LogP contribution in [0.2, 0.25) is 0 Å². The van der Waals surface area contributed by atoms with Gasteiger partial charge in [-0.15, -0.1) is 0 Å². The molecule has 136 valence electrons. The summed E-state index contributed by atoms with van der Waals surface area (Å²) < 4.78 is 4.22. The maximum absolute atomic E-state index is 4.78. The second-order valence-electron chi connectivity index (χ2n) is 7.38. The number of nitrogens with zero attached hydrogens (tertiary/aromatic N) is 4. The Hall–Kier alpha value is -3.08. The Labute approximate surface area is 158 Å². The molecule has 0 saturated heterocycles. The smallest absolute Gasteiger partial charge is 0.140 e. The summed E-state index contributed by atoms with van der Waals surface area (Å²) >= 11 is 0. The quantitative estimate of drug-likeness (QED) is 0.579. The Morgan fingerprint density at radius 2 is 2.00 bits per heavy atom. The maximum atomic E-state index is 4.78. The monoisotopic (exact) mass is 357 g/mol. The molecule has 1 N–H and O–H groups in total. The van der Waals surface area contributed by atoms with Gasteiger partial charge in [0.2, 0.25) is 0 Å². The number of hydrogen-bond acceptors (Lipinski definition) is 3. The van der Waals surface area contributed by atoms with Crippen molar-refractivity contribution in [3.05, 3.63) is 71.8 Å². The summed E-state index contributed by atoms with van der Waals surface area (Å²) in [5.41, 5.74) is 7.88. The molecule has 1 atom stereocenters. The van der Waals surface area contributed by atoms with Gasteiger partial charge in [0.05, 0.1) is 17.4 Å². The highest BCUT2D eigenvalue weighted by molar-refractivity contribution is 5.66. The van der Waals surface area contributed by atoms with E-state index < -0.39 is 0 Å². The summed E-state index contributed by atoms with van der Waals surface area (Å²) in [6, 6.07) is 15.0. The average molecular weight is 357 g/mol. The fraction of sp³-hybridized carbons (Fsp3) is 0.273. The number of aryl methyl sites for hydroxylation is 3. The van der Waals surface area contributed by atoms with Crippen LogP contribution in [0, 0.1) is 6.92 Å². The summed E-state index contributed by atoms with van der Waals surface area (Å²) in [4.78, 5) is 4.78. The maximum Gasteiger partial charge on any atom is 0.140 e. The van der Waals surface area contributed by atoms with Crippen molar-refractivity contribution in [3.63, 3.8) is 0 Å². The fourth-order valence-corrected chi connectivity index (χ4v) is 3.85. The van der Waals surface area contributed by atoms with E-state index in [4.69, 9.17) is 10.1 Å². The van der Waals surface area contributed by atoms with Gasteiger partial charge in [-0.25, -0.2) is 4.98 Å². The number of aromatic nitrogens is 4. The minimum absolute atomic E-state index is 0.187. The van der Waals surface area contributed by atoms with Crippen LogP contribution in [0.25, 0.3) is 16.9 Å². The first-order valence-corrected chi connectivity index (χ1v) is 9.55. The number of benzene rings is 1. The molecule has 5 nitrogen and oxygen atoms in total. The molecule has 1 aromatic carbocycles. The Kier molecular flexibility index (Phi) is 3.74.